The van der Waals surface area contributed by atoms with Gasteiger partial charge in [0.15, 0.2) is 0 Å². The molecule has 3 heteroatoms. The van der Waals surface area contributed by atoms with E-state index < -0.39 is 5.97 Å². The largest absolute Gasteiger partial charge is 0.507 e. The SMILES string of the molecule is C.CCCCC(CC(=O)O)c1cc(C(C)(C)C)c(O)c(C(C)(C)C)c1. The highest BCUT2D eigenvalue weighted by atomic mass is 16.4. The van der Waals surface area contributed by atoms with E-state index in [-0.39, 0.29) is 30.6 Å². The van der Waals surface area contributed by atoms with Crippen molar-refractivity contribution in [3.63, 3.8) is 0 Å². The summed E-state index contributed by atoms with van der Waals surface area (Å²) in [5.74, 6) is -0.424. The molecule has 25 heavy (non-hydrogen) atoms. The molecule has 1 aromatic rings. The van der Waals surface area contributed by atoms with Crippen LogP contribution < -0.4 is 0 Å². The maximum absolute atomic E-state index is 11.3. The van der Waals surface area contributed by atoms with Crippen molar-refractivity contribution in [2.45, 2.75) is 98.3 Å². The highest BCUT2D eigenvalue weighted by molar-refractivity contribution is 5.68. The van der Waals surface area contributed by atoms with Gasteiger partial charge in [-0.3, -0.25) is 4.79 Å². The minimum absolute atomic E-state index is 0. The van der Waals surface area contributed by atoms with Gasteiger partial charge in [0.25, 0.3) is 0 Å². The van der Waals surface area contributed by atoms with Crippen LogP contribution in [0.1, 0.15) is 104 Å². The normalized spacial score (nSPS) is 13.2. The summed E-state index contributed by atoms with van der Waals surface area (Å²) in [4.78, 5) is 11.3. The molecule has 0 bridgehead atoms. The van der Waals surface area contributed by atoms with Gasteiger partial charge in [-0.05, 0) is 39.9 Å². The summed E-state index contributed by atoms with van der Waals surface area (Å²) in [6, 6.07) is 4.04. The smallest absolute Gasteiger partial charge is 0.303 e. The predicted octanol–water partition coefficient (Wildman–Crippen LogP) is 6.37. The molecule has 0 radical (unpaired) electrons. The number of hydrogen-bond acceptors (Lipinski definition) is 2. The molecule has 1 rings (SSSR count). The highest BCUT2D eigenvalue weighted by Gasteiger charge is 2.28. The second-order valence-electron chi connectivity index (χ2n) is 8.90. The number of carboxylic acids is 1. The Bertz CT molecular complexity index is 539. The fourth-order valence-electron chi connectivity index (χ4n) is 3.08. The van der Waals surface area contributed by atoms with E-state index >= 15 is 0 Å². The molecule has 1 atom stereocenters. The van der Waals surface area contributed by atoms with Crippen LogP contribution in [0.25, 0.3) is 0 Å². The molecule has 0 aliphatic heterocycles. The summed E-state index contributed by atoms with van der Waals surface area (Å²) >= 11 is 0. The van der Waals surface area contributed by atoms with E-state index in [9.17, 15) is 15.0 Å². The van der Waals surface area contributed by atoms with Crippen LogP contribution in [0, 0.1) is 0 Å². The average Bonchev–Trinajstić information content (AvgIpc) is 2.40. The van der Waals surface area contributed by atoms with Crippen LogP contribution in [0.2, 0.25) is 0 Å². The van der Waals surface area contributed by atoms with Gasteiger partial charge < -0.3 is 10.2 Å². The van der Waals surface area contributed by atoms with Crippen LogP contribution in [0.15, 0.2) is 12.1 Å². The lowest BCUT2D eigenvalue weighted by molar-refractivity contribution is -0.137. The Morgan fingerprint density at radius 1 is 1.04 bits per heavy atom. The molecule has 0 heterocycles. The molecule has 0 aliphatic carbocycles. The van der Waals surface area contributed by atoms with Crippen LogP contribution in [-0.2, 0) is 15.6 Å². The molecule has 3 nitrogen and oxygen atoms in total. The second kappa shape index (κ2) is 8.73. The number of phenols is 1. The molecule has 0 aliphatic rings. The lowest BCUT2D eigenvalue weighted by Crippen LogP contribution is -2.19. The molecule has 0 aromatic heterocycles. The van der Waals surface area contributed by atoms with Crippen molar-refractivity contribution in [1.82, 2.24) is 0 Å². The van der Waals surface area contributed by atoms with Crippen LogP contribution in [0.4, 0.5) is 0 Å². The number of aliphatic carboxylic acids is 1. The van der Waals surface area contributed by atoms with Gasteiger partial charge in [0.05, 0.1) is 6.42 Å². The first-order valence-corrected chi connectivity index (χ1v) is 8.97. The third kappa shape index (κ3) is 6.37. The lowest BCUT2D eigenvalue weighted by Gasteiger charge is -2.29. The van der Waals surface area contributed by atoms with Crippen LogP contribution in [0.3, 0.4) is 0 Å². The summed E-state index contributed by atoms with van der Waals surface area (Å²) in [5.41, 5.74) is 2.45. The van der Waals surface area contributed by atoms with Gasteiger partial charge in [-0.15, -0.1) is 0 Å². The molecule has 0 saturated heterocycles. The maximum Gasteiger partial charge on any atom is 0.303 e. The number of carbonyl (C=O) groups is 1. The summed E-state index contributed by atoms with van der Waals surface area (Å²) in [6.07, 6.45) is 3.06. The van der Waals surface area contributed by atoms with Gasteiger partial charge in [-0.2, -0.15) is 0 Å². The fraction of sp³-hybridized carbons (Fsp3) is 0.682. The molecule has 1 unspecified atom stereocenters. The molecule has 0 saturated carbocycles. The third-order valence-electron chi connectivity index (χ3n) is 4.55. The standard InChI is InChI=1S/C21H34O3.CH4/c1-8-9-10-14(13-18(22)23)15-11-16(20(2,3)4)19(24)17(12-15)21(5,6)7;/h11-12,14,24H,8-10,13H2,1-7H3,(H,22,23);1H4. The van der Waals surface area contributed by atoms with Crippen molar-refractivity contribution < 1.29 is 15.0 Å². The van der Waals surface area contributed by atoms with E-state index in [0.717, 1.165) is 36.0 Å². The van der Waals surface area contributed by atoms with Gasteiger partial charge >= 0.3 is 5.97 Å². The Labute approximate surface area is 154 Å². The van der Waals surface area contributed by atoms with Crippen molar-refractivity contribution in [2.24, 2.45) is 0 Å². The Hall–Kier alpha value is -1.51. The van der Waals surface area contributed by atoms with Crippen molar-refractivity contribution in [3.05, 3.63) is 28.8 Å². The van der Waals surface area contributed by atoms with Gasteiger partial charge in [-0.1, -0.05) is 80.9 Å². The van der Waals surface area contributed by atoms with Crippen molar-refractivity contribution in [1.29, 1.82) is 0 Å². The number of phenolic OH excluding ortho intramolecular Hbond substituents is 1. The second-order valence-corrected chi connectivity index (χ2v) is 8.90. The van der Waals surface area contributed by atoms with Gasteiger partial charge in [0.1, 0.15) is 5.75 Å². The van der Waals surface area contributed by atoms with Crippen molar-refractivity contribution in [3.8, 4) is 5.75 Å². The van der Waals surface area contributed by atoms with Crippen molar-refractivity contribution >= 4 is 5.97 Å². The van der Waals surface area contributed by atoms with Gasteiger partial charge in [0, 0.05) is 0 Å². The predicted molar refractivity (Wildman–Crippen MR) is 107 cm³/mol. The van der Waals surface area contributed by atoms with E-state index in [4.69, 9.17) is 0 Å². The quantitative estimate of drug-likeness (QED) is 0.626. The first-order valence-electron chi connectivity index (χ1n) is 8.97. The first kappa shape index (κ1) is 23.5. The van der Waals surface area contributed by atoms with Crippen LogP contribution in [0.5, 0.6) is 5.75 Å². The number of hydrogen-bond donors (Lipinski definition) is 2. The summed E-state index contributed by atoms with van der Waals surface area (Å²) in [5, 5.41) is 20.1. The average molecular weight is 351 g/mol. The Balaban J connectivity index is 0.00000576. The minimum Gasteiger partial charge on any atom is -0.507 e. The number of unbranched alkanes of at least 4 members (excludes halogenated alkanes) is 1. The lowest BCUT2D eigenvalue weighted by atomic mass is 9.76. The van der Waals surface area contributed by atoms with Gasteiger partial charge in [-0.25, -0.2) is 0 Å². The van der Waals surface area contributed by atoms with Gasteiger partial charge in [0.2, 0.25) is 0 Å². The fourth-order valence-corrected chi connectivity index (χ4v) is 3.08. The molecular formula is C22H38O3. The molecule has 2 N–H and O–H groups in total. The van der Waals surface area contributed by atoms with Crippen LogP contribution >= 0.6 is 0 Å². The zero-order chi connectivity index (χ0) is 18.7. The summed E-state index contributed by atoms with van der Waals surface area (Å²) in [6.45, 7) is 14.6. The van der Waals surface area contributed by atoms with Crippen LogP contribution in [-0.4, -0.2) is 16.2 Å². The monoisotopic (exact) mass is 350 g/mol. The zero-order valence-electron chi connectivity index (χ0n) is 16.4. The summed E-state index contributed by atoms with van der Waals surface area (Å²) in [7, 11) is 0. The topological polar surface area (TPSA) is 57.5 Å². The molecule has 0 amide bonds. The number of carboxylic acid groups (broad SMARTS) is 1. The molecule has 0 spiro atoms. The van der Waals surface area contributed by atoms with E-state index in [1.165, 1.54) is 0 Å². The van der Waals surface area contributed by atoms with Crippen molar-refractivity contribution in [2.75, 3.05) is 0 Å². The molecule has 0 fully saturated rings. The Kier molecular flexibility index (Phi) is 8.20. The molecule has 144 valence electrons. The molecule has 1 aromatic carbocycles. The number of aromatic hydroxyl groups is 1. The summed E-state index contributed by atoms with van der Waals surface area (Å²) < 4.78 is 0. The minimum atomic E-state index is -0.765. The first-order chi connectivity index (χ1) is 10.9. The van der Waals surface area contributed by atoms with E-state index in [2.05, 4.69) is 48.5 Å². The zero-order valence-corrected chi connectivity index (χ0v) is 16.4. The third-order valence-corrected chi connectivity index (χ3v) is 4.55. The Morgan fingerprint density at radius 3 is 1.80 bits per heavy atom. The number of rotatable bonds is 6. The van der Waals surface area contributed by atoms with E-state index in [1.807, 2.05) is 12.1 Å². The Morgan fingerprint density at radius 2 is 1.48 bits per heavy atom. The molecular weight excluding hydrogens is 312 g/mol. The maximum atomic E-state index is 11.3. The highest BCUT2D eigenvalue weighted by Crippen LogP contribution is 2.42. The van der Waals surface area contributed by atoms with E-state index in [0.29, 0.717) is 5.75 Å². The van der Waals surface area contributed by atoms with E-state index in [1.54, 1.807) is 0 Å². The number of benzene rings is 1.